The van der Waals surface area contributed by atoms with E-state index in [1.165, 1.54) is 27.5 Å². The number of thiophene rings is 1. The van der Waals surface area contributed by atoms with Gasteiger partial charge in [0.25, 0.3) is 5.91 Å². The van der Waals surface area contributed by atoms with Gasteiger partial charge in [-0.1, -0.05) is 50.1 Å². The lowest BCUT2D eigenvalue weighted by molar-refractivity contribution is -0.135. The van der Waals surface area contributed by atoms with Crippen LogP contribution in [0.15, 0.2) is 53.9 Å². The van der Waals surface area contributed by atoms with E-state index >= 15 is 0 Å². The molecule has 1 aromatic heterocycles. The van der Waals surface area contributed by atoms with Crippen molar-refractivity contribution in [2.24, 2.45) is 5.92 Å². The van der Waals surface area contributed by atoms with Gasteiger partial charge in [-0.3, -0.25) is 9.59 Å². The van der Waals surface area contributed by atoms with Gasteiger partial charge in [0, 0.05) is 18.0 Å². The number of hydrogen-bond donors (Lipinski definition) is 0. The Morgan fingerprint density at radius 2 is 1.97 bits per heavy atom. The van der Waals surface area contributed by atoms with Crippen LogP contribution in [-0.4, -0.2) is 47.9 Å². The Balaban J connectivity index is 1.56. The molecule has 0 radical (unpaired) electrons. The van der Waals surface area contributed by atoms with Gasteiger partial charge in [-0.25, -0.2) is 4.39 Å². The van der Waals surface area contributed by atoms with Crippen LogP contribution >= 0.6 is 11.3 Å². The van der Waals surface area contributed by atoms with Crippen LogP contribution in [0.3, 0.4) is 0 Å². The summed E-state index contributed by atoms with van der Waals surface area (Å²) in [6.07, 6.45) is 1.62. The Morgan fingerprint density at radius 3 is 2.70 bits per heavy atom. The van der Waals surface area contributed by atoms with Gasteiger partial charge in [-0.2, -0.15) is 0 Å². The van der Waals surface area contributed by atoms with Crippen molar-refractivity contribution < 1.29 is 18.7 Å². The average Bonchev–Trinajstić information content (AvgIpc) is 3.36. The van der Waals surface area contributed by atoms with E-state index in [0.717, 1.165) is 29.7 Å². The lowest BCUT2D eigenvalue weighted by Gasteiger charge is -2.37. The number of carbonyl (C=O) groups excluding carboxylic acids is 2. The van der Waals surface area contributed by atoms with E-state index < -0.39 is 11.7 Å². The third-order valence-corrected chi connectivity index (χ3v) is 8.09. The first-order valence-electron chi connectivity index (χ1n) is 12.9. The van der Waals surface area contributed by atoms with E-state index in [1.54, 1.807) is 23.5 Å². The van der Waals surface area contributed by atoms with E-state index in [1.807, 2.05) is 44.7 Å². The summed E-state index contributed by atoms with van der Waals surface area (Å²) in [5.74, 6) is -0.206. The Hall–Kier alpha value is -3.19. The Labute approximate surface area is 222 Å². The third-order valence-electron chi connectivity index (χ3n) is 7.09. The van der Waals surface area contributed by atoms with E-state index in [2.05, 4.69) is 17.5 Å². The van der Waals surface area contributed by atoms with Gasteiger partial charge < -0.3 is 14.5 Å². The molecule has 37 heavy (non-hydrogen) atoms. The standard InChI is InChI=1S/C30H35FN2O3S/c1-5-20(2)17-32(30(35)23-8-6-7-9-25(23)31)18-29(34)33-14-12-28-24(13-15-37-28)26(33)19-36-27-11-10-21(3)16-22(27)4/h6-11,13,15-16,20,26H,5,12,14,17-19H2,1-4H3/t20-,26-/m1/s1. The Morgan fingerprint density at radius 1 is 1.19 bits per heavy atom. The molecular weight excluding hydrogens is 487 g/mol. The first-order chi connectivity index (χ1) is 17.8. The molecule has 2 atom stereocenters. The summed E-state index contributed by atoms with van der Waals surface area (Å²) in [5, 5.41) is 2.06. The number of rotatable bonds is 9. The van der Waals surface area contributed by atoms with Crippen molar-refractivity contribution in [2.75, 3.05) is 26.2 Å². The van der Waals surface area contributed by atoms with Gasteiger partial charge in [-0.15, -0.1) is 11.3 Å². The van der Waals surface area contributed by atoms with Gasteiger partial charge in [0.15, 0.2) is 0 Å². The summed E-state index contributed by atoms with van der Waals surface area (Å²) in [7, 11) is 0. The van der Waals surface area contributed by atoms with Crippen molar-refractivity contribution in [3.8, 4) is 5.75 Å². The fourth-order valence-electron chi connectivity index (χ4n) is 4.79. The SMILES string of the molecule is CC[C@@H](C)CN(CC(=O)N1CCc2sccc2[C@H]1COc1ccc(C)cc1C)C(=O)c1ccccc1F. The van der Waals surface area contributed by atoms with Crippen LogP contribution in [0, 0.1) is 25.6 Å². The minimum absolute atomic E-state index is 0.00732. The van der Waals surface area contributed by atoms with Crippen LogP contribution in [0.2, 0.25) is 0 Å². The molecule has 0 spiro atoms. The maximum Gasteiger partial charge on any atom is 0.257 e. The molecular formula is C30H35FN2O3S. The quantitative estimate of drug-likeness (QED) is 0.336. The van der Waals surface area contributed by atoms with Crippen molar-refractivity contribution in [2.45, 2.75) is 46.6 Å². The molecule has 2 heterocycles. The van der Waals surface area contributed by atoms with Gasteiger partial charge in [0.05, 0.1) is 11.6 Å². The van der Waals surface area contributed by atoms with Crippen molar-refractivity contribution in [3.63, 3.8) is 0 Å². The number of ether oxygens (including phenoxy) is 1. The highest BCUT2D eigenvalue weighted by molar-refractivity contribution is 7.10. The normalized spacial score (nSPS) is 15.7. The number of benzene rings is 2. The zero-order valence-corrected chi connectivity index (χ0v) is 22.8. The summed E-state index contributed by atoms with van der Waals surface area (Å²) < 4.78 is 20.7. The largest absolute Gasteiger partial charge is 0.491 e. The molecule has 0 saturated carbocycles. The van der Waals surface area contributed by atoms with Crippen molar-refractivity contribution in [1.29, 1.82) is 0 Å². The predicted molar refractivity (Wildman–Crippen MR) is 146 cm³/mol. The monoisotopic (exact) mass is 522 g/mol. The molecule has 196 valence electrons. The summed E-state index contributed by atoms with van der Waals surface area (Å²) in [5.41, 5.74) is 3.31. The summed E-state index contributed by atoms with van der Waals surface area (Å²) in [6, 6.07) is 13.8. The minimum atomic E-state index is -0.574. The first kappa shape index (κ1) is 26.9. The van der Waals surface area contributed by atoms with Crippen molar-refractivity contribution in [3.05, 3.63) is 86.9 Å². The second-order valence-corrected chi connectivity index (χ2v) is 10.9. The zero-order valence-electron chi connectivity index (χ0n) is 22.0. The summed E-state index contributed by atoms with van der Waals surface area (Å²) in [6.45, 7) is 9.30. The van der Waals surface area contributed by atoms with Crippen LogP contribution in [0.5, 0.6) is 5.75 Å². The number of halogens is 1. The van der Waals surface area contributed by atoms with Crippen molar-refractivity contribution in [1.82, 2.24) is 9.80 Å². The molecule has 1 aliphatic rings. The zero-order chi connectivity index (χ0) is 26.5. The predicted octanol–water partition coefficient (Wildman–Crippen LogP) is 6.20. The number of aryl methyl sites for hydroxylation is 2. The molecule has 5 nitrogen and oxygen atoms in total. The number of amides is 2. The lowest BCUT2D eigenvalue weighted by atomic mass is 10.00. The fourth-order valence-corrected chi connectivity index (χ4v) is 5.72. The summed E-state index contributed by atoms with van der Waals surface area (Å²) >= 11 is 1.70. The maximum absolute atomic E-state index is 14.5. The van der Waals surface area contributed by atoms with Gasteiger partial charge in [0.2, 0.25) is 5.91 Å². The van der Waals surface area contributed by atoms with E-state index in [-0.39, 0.29) is 30.0 Å². The highest BCUT2D eigenvalue weighted by Gasteiger charge is 2.34. The van der Waals surface area contributed by atoms with Crippen LogP contribution in [0.25, 0.3) is 0 Å². The average molecular weight is 523 g/mol. The smallest absolute Gasteiger partial charge is 0.257 e. The number of hydrogen-bond acceptors (Lipinski definition) is 4. The molecule has 4 rings (SSSR count). The van der Waals surface area contributed by atoms with Crippen LogP contribution in [0.1, 0.15) is 58.2 Å². The molecule has 7 heteroatoms. The third kappa shape index (κ3) is 6.21. The Kier molecular flexibility index (Phi) is 8.64. The van der Waals surface area contributed by atoms with Gasteiger partial charge in [-0.05, 0) is 67.0 Å². The van der Waals surface area contributed by atoms with E-state index in [9.17, 15) is 14.0 Å². The first-order valence-corrected chi connectivity index (χ1v) is 13.8. The van der Waals surface area contributed by atoms with Crippen LogP contribution < -0.4 is 4.74 Å². The Bertz CT molecular complexity index is 1260. The van der Waals surface area contributed by atoms with Gasteiger partial charge in [0.1, 0.15) is 24.7 Å². The second-order valence-electron chi connectivity index (χ2n) is 9.91. The van der Waals surface area contributed by atoms with Gasteiger partial charge >= 0.3 is 0 Å². The molecule has 0 fully saturated rings. The van der Waals surface area contributed by atoms with Crippen LogP contribution in [0.4, 0.5) is 4.39 Å². The number of nitrogens with zero attached hydrogens (tertiary/aromatic N) is 2. The molecule has 1 aliphatic heterocycles. The second kappa shape index (κ2) is 11.9. The topological polar surface area (TPSA) is 49.9 Å². The minimum Gasteiger partial charge on any atom is -0.491 e. The number of fused-ring (bicyclic) bond motifs is 1. The van der Waals surface area contributed by atoms with Crippen LogP contribution in [-0.2, 0) is 11.2 Å². The van der Waals surface area contributed by atoms with E-state index in [0.29, 0.717) is 19.7 Å². The molecule has 0 N–H and O–H groups in total. The van der Waals surface area contributed by atoms with Crippen molar-refractivity contribution >= 4 is 23.2 Å². The highest BCUT2D eigenvalue weighted by atomic mass is 32.1. The molecule has 2 aromatic carbocycles. The molecule has 2 amide bonds. The maximum atomic E-state index is 14.5. The number of carbonyl (C=O) groups is 2. The fraction of sp³-hybridized carbons (Fsp3) is 0.400. The molecule has 0 bridgehead atoms. The molecule has 0 unspecified atom stereocenters. The molecule has 0 aliphatic carbocycles. The molecule has 3 aromatic rings. The molecule has 0 saturated heterocycles. The highest BCUT2D eigenvalue weighted by Crippen LogP contribution is 2.34. The summed E-state index contributed by atoms with van der Waals surface area (Å²) in [4.78, 5) is 31.7. The lowest BCUT2D eigenvalue weighted by Crippen LogP contribution is -2.48. The van der Waals surface area contributed by atoms with E-state index in [4.69, 9.17) is 4.74 Å².